The van der Waals surface area contributed by atoms with E-state index >= 15 is 0 Å². The molecule has 0 spiro atoms. The first kappa shape index (κ1) is 24.1. The van der Waals surface area contributed by atoms with Crippen molar-refractivity contribution in [2.24, 2.45) is 10.9 Å². The summed E-state index contributed by atoms with van der Waals surface area (Å²) in [6.07, 6.45) is 9.42. The van der Waals surface area contributed by atoms with Gasteiger partial charge in [-0.3, -0.25) is 4.79 Å². The predicted octanol–water partition coefficient (Wildman–Crippen LogP) is 3.16. The van der Waals surface area contributed by atoms with Crippen molar-refractivity contribution >= 4 is 47.2 Å². The Bertz CT molecular complexity index is 599. The Balaban J connectivity index is 0.00000364. The molecule has 0 radical (unpaired) electrons. The van der Waals surface area contributed by atoms with E-state index in [1.807, 2.05) is 13.2 Å². The van der Waals surface area contributed by atoms with E-state index in [9.17, 15) is 4.79 Å². The summed E-state index contributed by atoms with van der Waals surface area (Å²) in [5, 5.41) is 4.66. The minimum atomic E-state index is 0. The van der Waals surface area contributed by atoms with Gasteiger partial charge in [0.15, 0.2) is 5.96 Å². The molecule has 0 unspecified atom stereocenters. The van der Waals surface area contributed by atoms with Crippen molar-refractivity contribution in [3.8, 4) is 0 Å². The second kappa shape index (κ2) is 12.5. The Morgan fingerprint density at radius 3 is 2.59 bits per heavy atom. The summed E-state index contributed by atoms with van der Waals surface area (Å²) in [5.74, 6) is 1.55. The third-order valence-corrected chi connectivity index (χ3v) is 5.80. The number of aryl methyl sites for hydroxylation is 1. The predicted molar refractivity (Wildman–Crippen MR) is 124 cm³/mol. The van der Waals surface area contributed by atoms with E-state index in [1.165, 1.54) is 37.0 Å². The Labute approximate surface area is 184 Å². The number of halogens is 1. The molecule has 154 valence electrons. The topological polar surface area (TPSA) is 60.8 Å². The quantitative estimate of drug-likeness (QED) is 0.350. The van der Waals surface area contributed by atoms with Gasteiger partial charge in [0.25, 0.3) is 0 Å². The molecule has 1 aromatic heterocycles. The number of nitrogens with zero attached hydrogens (tertiary/aromatic N) is 4. The zero-order chi connectivity index (χ0) is 18.9. The van der Waals surface area contributed by atoms with Crippen molar-refractivity contribution < 1.29 is 4.79 Å². The summed E-state index contributed by atoms with van der Waals surface area (Å²) in [7, 11) is 5.57. The number of carbonyl (C=O) groups excluding carboxylic acids is 1. The summed E-state index contributed by atoms with van der Waals surface area (Å²) in [4.78, 5) is 25.9. The molecular formula is C19H34IN5OS. The van der Waals surface area contributed by atoms with Crippen molar-refractivity contribution in [2.45, 2.75) is 45.4 Å². The van der Waals surface area contributed by atoms with Crippen LogP contribution in [0.3, 0.4) is 0 Å². The van der Waals surface area contributed by atoms with Gasteiger partial charge in [0, 0.05) is 51.7 Å². The fourth-order valence-electron chi connectivity index (χ4n) is 3.11. The molecule has 1 aliphatic carbocycles. The zero-order valence-corrected chi connectivity index (χ0v) is 20.2. The smallest absolute Gasteiger partial charge is 0.243 e. The molecule has 1 aromatic rings. The number of carbonyl (C=O) groups is 1. The minimum absolute atomic E-state index is 0. The van der Waals surface area contributed by atoms with Crippen LogP contribution >= 0.6 is 35.3 Å². The number of likely N-dealkylation sites (N-methyl/N-ethyl adjacent to an activating group) is 2. The lowest BCUT2D eigenvalue weighted by Crippen LogP contribution is -2.43. The molecule has 1 saturated carbocycles. The van der Waals surface area contributed by atoms with Crippen LogP contribution in [-0.4, -0.2) is 67.4 Å². The average molecular weight is 507 g/mol. The molecule has 0 aromatic carbocycles. The van der Waals surface area contributed by atoms with Crippen molar-refractivity contribution in [2.75, 3.05) is 40.8 Å². The van der Waals surface area contributed by atoms with Gasteiger partial charge < -0.3 is 15.1 Å². The molecule has 6 nitrogen and oxygen atoms in total. The fourth-order valence-corrected chi connectivity index (χ4v) is 3.88. The van der Waals surface area contributed by atoms with E-state index in [1.54, 1.807) is 30.3 Å². The molecule has 0 bridgehead atoms. The normalized spacial score (nSPS) is 15.2. The van der Waals surface area contributed by atoms with Crippen LogP contribution in [0.4, 0.5) is 0 Å². The fraction of sp³-hybridized carbons (Fsp3) is 0.737. The first-order chi connectivity index (χ1) is 12.5. The molecule has 8 heteroatoms. The number of hydrogen-bond acceptors (Lipinski definition) is 4. The first-order valence-corrected chi connectivity index (χ1v) is 10.4. The van der Waals surface area contributed by atoms with Gasteiger partial charge in [-0.05, 0) is 25.7 Å². The molecule has 0 atom stereocenters. The molecule has 2 rings (SSSR count). The Morgan fingerprint density at radius 1 is 1.30 bits per heavy atom. The Morgan fingerprint density at radius 2 is 2.00 bits per heavy atom. The lowest BCUT2D eigenvalue weighted by Gasteiger charge is -2.26. The van der Waals surface area contributed by atoms with E-state index in [4.69, 9.17) is 0 Å². The molecule has 1 aliphatic rings. The van der Waals surface area contributed by atoms with Gasteiger partial charge >= 0.3 is 0 Å². The largest absolute Gasteiger partial charge is 0.356 e. The number of aliphatic imine (C=N–C) groups is 1. The number of thiazole rings is 1. The van der Waals surface area contributed by atoms with Gasteiger partial charge in [0.2, 0.25) is 5.91 Å². The molecule has 27 heavy (non-hydrogen) atoms. The lowest BCUT2D eigenvalue weighted by molar-refractivity contribution is -0.127. The number of nitrogens with one attached hydrogen (secondary N) is 1. The molecule has 0 saturated heterocycles. The maximum Gasteiger partial charge on any atom is 0.243 e. The SMILES string of the molecule is Cc1cnc(CCN(C)C(=NCC(=O)N(C)C)NCC2CCCCC2)s1.I. The van der Waals surface area contributed by atoms with Crippen molar-refractivity contribution in [3.63, 3.8) is 0 Å². The van der Waals surface area contributed by atoms with Gasteiger partial charge in [0.05, 0.1) is 5.01 Å². The third kappa shape index (κ3) is 8.76. The minimum Gasteiger partial charge on any atom is -0.356 e. The highest BCUT2D eigenvalue weighted by Crippen LogP contribution is 2.22. The van der Waals surface area contributed by atoms with Crippen LogP contribution < -0.4 is 5.32 Å². The maximum absolute atomic E-state index is 11.9. The Kier molecular flexibility index (Phi) is 11.2. The summed E-state index contributed by atoms with van der Waals surface area (Å²) in [6.45, 7) is 4.03. The molecule has 1 fully saturated rings. The maximum atomic E-state index is 11.9. The number of rotatable bonds is 7. The number of aromatic nitrogens is 1. The van der Waals surface area contributed by atoms with Crippen molar-refractivity contribution in [3.05, 3.63) is 16.1 Å². The van der Waals surface area contributed by atoms with Crippen LogP contribution in [0, 0.1) is 12.8 Å². The van der Waals surface area contributed by atoms with Crippen molar-refractivity contribution in [1.29, 1.82) is 0 Å². The highest BCUT2D eigenvalue weighted by Gasteiger charge is 2.16. The van der Waals surface area contributed by atoms with Gasteiger partial charge in [-0.25, -0.2) is 9.98 Å². The summed E-state index contributed by atoms with van der Waals surface area (Å²) in [6, 6.07) is 0. The lowest BCUT2D eigenvalue weighted by atomic mass is 9.89. The monoisotopic (exact) mass is 507 g/mol. The summed E-state index contributed by atoms with van der Waals surface area (Å²) in [5.41, 5.74) is 0. The number of hydrogen-bond donors (Lipinski definition) is 1. The van der Waals surface area contributed by atoms with E-state index in [0.717, 1.165) is 30.5 Å². The highest BCUT2D eigenvalue weighted by molar-refractivity contribution is 14.0. The van der Waals surface area contributed by atoms with E-state index < -0.39 is 0 Å². The van der Waals surface area contributed by atoms with Crippen LogP contribution in [-0.2, 0) is 11.2 Å². The van der Waals surface area contributed by atoms with Crippen molar-refractivity contribution in [1.82, 2.24) is 20.1 Å². The second-order valence-electron chi connectivity index (χ2n) is 7.35. The van der Waals surface area contributed by atoms with Crippen LogP contribution in [0.15, 0.2) is 11.2 Å². The summed E-state index contributed by atoms with van der Waals surface area (Å²) >= 11 is 1.74. The molecule has 1 amide bonds. The molecular weight excluding hydrogens is 473 g/mol. The standard InChI is InChI=1S/C19H33N5OS.HI/c1-15-12-20-17(26-15)10-11-24(4)19(22-14-18(25)23(2)3)21-13-16-8-6-5-7-9-16;/h12,16H,5-11,13-14H2,1-4H3,(H,21,22);1H. The van der Waals surface area contributed by atoms with Crippen LogP contribution in [0.5, 0.6) is 0 Å². The molecule has 1 N–H and O–H groups in total. The number of amides is 1. The van der Waals surface area contributed by atoms with Crippen LogP contribution in [0.25, 0.3) is 0 Å². The first-order valence-electron chi connectivity index (χ1n) is 9.56. The third-order valence-electron chi connectivity index (χ3n) is 4.83. The molecule has 1 heterocycles. The molecule has 0 aliphatic heterocycles. The highest BCUT2D eigenvalue weighted by atomic mass is 127. The van der Waals surface area contributed by atoms with Crippen LogP contribution in [0.2, 0.25) is 0 Å². The van der Waals surface area contributed by atoms with Gasteiger partial charge in [-0.2, -0.15) is 0 Å². The second-order valence-corrected chi connectivity index (χ2v) is 8.67. The van der Waals surface area contributed by atoms with Gasteiger partial charge in [-0.1, -0.05) is 19.3 Å². The summed E-state index contributed by atoms with van der Waals surface area (Å²) < 4.78 is 0. The average Bonchev–Trinajstić information content (AvgIpc) is 3.05. The van der Waals surface area contributed by atoms with Gasteiger partial charge in [0.1, 0.15) is 6.54 Å². The number of guanidine groups is 1. The van der Waals surface area contributed by atoms with E-state index in [2.05, 4.69) is 27.1 Å². The van der Waals surface area contributed by atoms with Gasteiger partial charge in [-0.15, -0.1) is 35.3 Å². The zero-order valence-electron chi connectivity index (χ0n) is 17.0. The van der Waals surface area contributed by atoms with Crippen LogP contribution in [0.1, 0.15) is 42.0 Å². The van der Waals surface area contributed by atoms with E-state index in [-0.39, 0.29) is 36.4 Å². The Hall–Kier alpha value is -0.900. The van der Waals surface area contributed by atoms with E-state index in [0.29, 0.717) is 5.92 Å².